The topological polar surface area (TPSA) is 52.6 Å². The normalized spacial score (nSPS) is 9.17. The number of ether oxygens (including phenoxy) is 2. The van der Waals surface area contributed by atoms with E-state index in [1.165, 1.54) is 0 Å². The van der Waals surface area contributed by atoms with E-state index in [0.29, 0.717) is 6.42 Å². The highest BCUT2D eigenvalue weighted by Gasteiger charge is 2.00. The second-order valence-corrected chi connectivity index (χ2v) is 2.49. The maximum atomic E-state index is 10.6. The molecule has 0 aromatic heterocycles. The van der Waals surface area contributed by atoms with Crippen LogP contribution in [0.25, 0.3) is 0 Å². The monoisotopic (exact) mass is 238 g/mol. The Bertz CT molecular complexity index is 139. The molecule has 0 radical (unpaired) electrons. The van der Waals surface area contributed by atoms with Gasteiger partial charge in [-0.3, -0.25) is 9.59 Å². The zero-order chi connectivity index (χ0) is 9.40. The van der Waals surface area contributed by atoms with Crippen molar-refractivity contribution in [2.45, 2.75) is 13.3 Å². The molecule has 0 aliphatic rings. The largest absolute Gasteiger partial charge is 0.462 e. The van der Waals surface area contributed by atoms with Crippen molar-refractivity contribution in [1.82, 2.24) is 0 Å². The number of esters is 2. The maximum absolute atomic E-state index is 10.6. The number of hydrogen-bond donors (Lipinski definition) is 0. The lowest BCUT2D eigenvalue weighted by Gasteiger charge is -2.03. The average molecular weight is 239 g/mol. The van der Waals surface area contributed by atoms with Gasteiger partial charge >= 0.3 is 11.9 Å². The Morgan fingerprint density at radius 2 is 1.67 bits per heavy atom. The summed E-state index contributed by atoms with van der Waals surface area (Å²) in [5.74, 6) is -0.646. The molecule has 0 aromatic rings. The smallest absolute Gasteiger partial charge is 0.316 e. The standard InChI is InChI=1S/C7H11BrO4/c1-2-6(9)11-3-4-12-7(10)5-8/h2-5H2,1H3. The molecule has 0 atom stereocenters. The van der Waals surface area contributed by atoms with Gasteiger partial charge in [-0.1, -0.05) is 22.9 Å². The molecule has 5 heteroatoms. The first-order valence-corrected chi connectivity index (χ1v) is 4.70. The van der Waals surface area contributed by atoms with Gasteiger partial charge in [0.15, 0.2) is 0 Å². The number of rotatable bonds is 5. The summed E-state index contributed by atoms with van der Waals surface area (Å²) in [4.78, 5) is 21.1. The lowest BCUT2D eigenvalue weighted by Crippen LogP contribution is -2.13. The van der Waals surface area contributed by atoms with E-state index in [2.05, 4.69) is 25.4 Å². The molecular formula is C7H11BrO4. The van der Waals surface area contributed by atoms with E-state index < -0.39 is 0 Å². The van der Waals surface area contributed by atoms with Gasteiger partial charge in [0, 0.05) is 6.42 Å². The van der Waals surface area contributed by atoms with Gasteiger partial charge in [-0.05, 0) is 0 Å². The number of carbonyl (C=O) groups is 2. The summed E-state index contributed by atoms with van der Waals surface area (Å²) in [6, 6.07) is 0. The van der Waals surface area contributed by atoms with Crippen molar-refractivity contribution >= 4 is 27.9 Å². The molecule has 4 nitrogen and oxygen atoms in total. The molecule has 70 valence electrons. The molecule has 0 bridgehead atoms. The summed E-state index contributed by atoms with van der Waals surface area (Å²) in [7, 11) is 0. The summed E-state index contributed by atoms with van der Waals surface area (Å²) in [6.07, 6.45) is 0.340. The third-order valence-corrected chi connectivity index (χ3v) is 1.47. The van der Waals surface area contributed by atoms with Gasteiger partial charge in [-0.25, -0.2) is 0 Å². The number of carbonyl (C=O) groups excluding carboxylic acids is 2. The van der Waals surface area contributed by atoms with Crippen molar-refractivity contribution < 1.29 is 19.1 Å². The van der Waals surface area contributed by atoms with Crippen LogP contribution in [-0.4, -0.2) is 30.5 Å². The van der Waals surface area contributed by atoms with Gasteiger partial charge in [0.2, 0.25) is 0 Å². The fourth-order valence-corrected chi connectivity index (χ4v) is 0.614. The van der Waals surface area contributed by atoms with Crippen LogP contribution in [0.3, 0.4) is 0 Å². The molecular weight excluding hydrogens is 228 g/mol. The molecule has 0 unspecified atom stereocenters. The van der Waals surface area contributed by atoms with Gasteiger partial charge < -0.3 is 9.47 Å². The van der Waals surface area contributed by atoms with Crippen LogP contribution < -0.4 is 0 Å². The van der Waals surface area contributed by atoms with E-state index >= 15 is 0 Å². The molecule has 12 heavy (non-hydrogen) atoms. The van der Waals surface area contributed by atoms with E-state index in [1.54, 1.807) is 6.92 Å². The van der Waals surface area contributed by atoms with E-state index in [0.717, 1.165) is 0 Å². The lowest BCUT2D eigenvalue weighted by atomic mass is 10.5. The Kier molecular flexibility index (Phi) is 6.75. The predicted octanol–water partition coefficient (Wildman–Crippen LogP) is 0.878. The fraction of sp³-hybridized carbons (Fsp3) is 0.714. The van der Waals surface area contributed by atoms with Crippen molar-refractivity contribution in [2.75, 3.05) is 18.5 Å². The summed E-state index contributed by atoms with van der Waals surface area (Å²) < 4.78 is 9.28. The Balaban J connectivity index is 3.21. The van der Waals surface area contributed by atoms with Crippen LogP contribution in [0.1, 0.15) is 13.3 Å². The minimum Gasteiger partial charge on any atom is -0.462 e. The lowest BCUT2D eigenvalue weighted by molar-refractivity contribution is -0.150. The van der Waals surface area contributed by atoms with Crippen LogP contribution in [-0.2, 0) is 19.1 Å². The fourth-order valence-electron chi connectivity index (χ4n) is 0.452. The van der Waals surface area contributed by atoms with Crippen molar-refractivity contribution in [2.24, 2.45) is 0 Å². The number of halogens is 1. The molecule has 0 aliphatic carbocycles. The highest BCUT2D eigenvalue weighted by atomic mass is 79.9. The summed E-state index contributed by atoms with van der Waals surface area (Å²) in [5, 5.41) is 0.161. The van der Waals surface area contributed by atoms with Crippen LogP contribution in [0.4, 0.5) is 0 Å². The molecule has 0 aromatic carbocycles. The number of hydrogen-bond acceptors (Lipinski definition) is 4. The molecule has 0 fully saturated rings. The molecule has 0 saturated carbocycles. The van der Waals surface area contributed by atoms with Gasteiger partial charge in [0.25, 0.3) is 0 Å². The van der Waals surface area contributed by atoms with Crippen molar-refractivity contribution in [3.05, 3.63) is 0 Å². The zero-order valence-electron chi connectivity index (χ0n) is 6.84. The molecule has 0 spiro atoms. The first kappa shape index (κ1) is 11.4. The molecule has 0 amide bonds. The van der Waals surface area contributed by atoms with Gasteiger partial charge in [0.1, 0.15) is 18.5 Å². The number of alkyl halides is 1. The Morgan fingerprint density at radius 3 is 2.08 bits per heavy atom. The van der Waals surface area contributed by atoms with Gasteiger partial charge in [-0.2, -0.15) is 0 Å². The third-order valence-electron chi connectivity index (χ3n) is 1.01. The van der Waals surface area contributed by atoms with E-state index in [4.69, 9.17) is 0 Å². The van der Waals surface area contributed by atoms with Crippen LogP contribution >= 0.6 is 15.9 Å². The molecule has 0 heterocycles. The molecule has 0 saturated heterocycles. The molecule has 0 rings (SSSR count). The highest BCUT2D eigenvalue weighted by molar-refractivity contribution is 9.09. The first-order chi connectivity index (χ1) is 5.70. The summed E-state index contributed by atoms with van der Waals surface area (Å²) >= 11 is 2.93. The Morgan fingerprint density at radius 1 is 1.17 bits per heavy atom. The SMILES string of the molecule is CCC(=O)OCCOC(=O)CBr. The second kappa shape index (κ2) is 7.09. The maximum Gasteiger partial charge on any atom is 0.316 e. The zero-order valence-corrected chi connectivity index (χ0v) is 8.43. The quantitative estimate of drug-likeness (QED) is 0.406. The van der Waals surface area contributed by atoms with Crippen LogP contribution in [0.15, 0.2) is 0 Å². The first-order valence-electron chi connectivity index (χ1n) is 3.58. The average Bonchev–Trinajstić information content (AvgIpc) is 2.11. The second-order valence-electron chi connectivity index (χ2n) is 1.93. The van der Waals surface area contributed by atoms with Crippen molar-refractivity contribution in [1.29, 1.82) is 0 Å². The van der Waals surface area contributed by atoms with Crippen molar-refractivity contribution in [3.8, 4) is 0 Å². The summed E-state index contributed by atoms with van der Waals surface area (Å²) in [5.41, 5.74) is 0. The molecule has 0 aliphatic heterocycles. The van der Waals surface area contributed by atoms with Crippen molar-refractivity contribution in [3.63, 3.8) is 0 Å². The third kappa shape index (κ3) is 6.15. The van der Waals surface area contributed by atoms with Crippen LogP contribution in [0.5, 0.6) is 0 Å². The summed E-state index contributed by atoms with van der Waals surface area (Å²) in [6.45, 7) is 1.95. The van der Waals surface area contributed by atoms with E-state index in [-0.39, 0.29) is 30.5 Å². The Labute approximate surface area is 79.3 Å². The minimum absolute atomic E-state index is 0.121. The van der Waals surface area contributed by atoms with E-state index in [1.807, 2.05) is 0 Å². The Hall–Kier alpha value is -0.580. The van der Waals surface area contributed by atoms with E-state index in [9.17, 15) is 9.59 Å². The van der Waals surface area contributed by atoms with Gasteiger partial charge in [-0.15, -0.1) is 0 Å². The predicted molar refractivity (Wildman–Crippen MR) is 46.0 cm³/mol. The van der Waals surface area contributed by atoms with Crippen LogP contribution in [0, 0.1) is 0 Å². The van der Waals surface area contributed by atoms with Gasteiger partial charge in [0.05, 0.1) is 0 Å². The highest BCUT2D eigenvalue weighted by Crippen LogP contribution is 1.87. The minimum atomic E-state index is -0.359. The van der Waals surface area contributed by atoms with Crippen LogP contribution in [0.2, 0.25) is 0 Å². The molecule has 0 N–H and O–H groups in total.